The fourth-order valence-electron chi connectivity index (χ4n) is 8.79. The molecule has 0 spiro atoms. The molecule has 0 saturated heterocycles. The minimum absolute atomic E-state index is 0.817. The van der Waals surface area contributed by atoms with Gasteiger partial charge < -0.3 is 13.9 Å². The molecule has 0 fully saturated rings. The molecule has 9 aromatic carbocycles. The molecule has 0 unspecified atom stereocenters. The van der Waals surface area contributed by atoms with Crippen molar-refractivity contribution in [1.29, 1.82) is 0 Å². The molecule has 11 rings (SSSR count). The average Bonchev–Trinajstić information content (AvgIpc) is 4.00. The first kappa shape index (κ1) is 37.6. The summed E-state index contributed by atoms with van der Waals surface area (Å²) >= 11 is 0. The number of hydrogen-bond donors (Lipinski definition) is 0. The summed E-state index contributed by atoms with van der Waals surface area (Å²) in [5, 5.41) is 1.16. The molecular weight excluding hydrogens is 765 g/mol. The van der Waals surface area contributed by atoms with Crippen molar-refractivity contribution in [3.63, 3.8) is 0 Å². The molecule has 2 aromatic heterocycles. The van der Waals surface area contributed by atoms with Crippen molar-refractivity contribution in [2.24, 2.45) is 0 Å². The molecule has 0 bridgehead atoms. The number of para-hydroxylation sites is 1. The van der Waals surface area contributed by atoms with E-state index in [4.69, 9.17) is 4.42 Å². The van der Waals surface area contributed by atoms with Crippen molar-refractivity contribution in [3.05, 3.63) is 255 Å². The molecule has 0 amide bonds. The lowest BCUT2D eigenvalue weighted by Crippen LogP contribution is -2.09. The number of nitrogens with zero attached hydrogens (tertiary/aromatic N) is 2. The number of aromatic nitrogens is 1. The zero-order chi connectivity index (χ0) is 42.0. The first-order valence-electron chi connectivity index (χ1n) is 21.4. The normalized spacial score (nSPS) is 11.2. The van der Waals surface area contributed by atoms with Crippen molar-refractivity contribution in [1.82, 2.24) is 4.57 Å². The van der Waals surface area contributed by atoms with Crippen LogP contribution in [0, 0.1) is 0 Å². The minimum atomic E-state index is 0.817. The topological polar surface area (TPSA) is 21.3 Å². The van der Waals surface area contributed by atoms with Crippen LogP contribution in [0.1, 0.15) is 0 Å². The molecule has 0 atom stereocenters. The molecule has 2 heterocycles. The van der Waals surface area contributed by atoms with Gasteiger partial charge in [0.1, 0.15) is 11.5 Å². The second kappa shape index (κ2) is 16.6. The SMILES string of the molecule is c1ccc(-c2ccc(N(c3ccc(-c4ccccc4)cc3)c3ccc(-c4ccc(-c5ccc6c(c5)c(-c5ccccc5)c(-c5ccccc5)n6-c5ccccc5)o4)cc3)cc2)cc1. The van der Waals surface area contributed by atoms with E-state index in [0.717, 1.165) is 67.6 Å². The van der Waals surface area contributed by atoms with E-state index in [1.54, 1.807) is 0 Å². The van der Waals surface area contributed by atoms with Gasteiger partial charge in [0.25, 0.3) is 0 Å². The van der Waals surface area contributed by atoms with E-state index >= 15 is 0 Å². The lowest BCUT2D eigenvalue weighted by atomic mass is 9.97. The van der Waals surface area contributed by atoms with E-state index < -0.39 is 0 Å². The van der Waals surface area contributed by atoms with Crippen LogP contribution in [0.3, 0.4) is 0 Å². The summed E-state index contributed by atoms with van der Waals surface area (Å²) in [5.41, 5.74) is 17.0. The molecule has 0 saturated carbocycles. The van der Waals surface area contributed by atoms with Crippen LogP contribution in [0.5, 0.6) is 0 Å². The molecule has 3 heteroatoms. The molecule has 0 aliphatic carbocycles. The minimum Gasteiger partial charge on any atom is -0.456 e. The van der Waals surface area contributed by atoms with Crippen LogP contribution in [-0.2, 0) is 0 Å². The van der Waals surface area contributed by atoms with Gasteiger partial charge in [0, 0.05) is 44.8 Å². The number of fused-ring (bicyclic) bond motifs is 1. The van der Waals surface area contributed by atoms with Crippen molar-refractivity contribution in [3.8, 4) is 73.0 Å². The lowest BCUT2D eigenvalue weighted by molar-refractivity contribution is 0.597. The fourth-order valence-corrected chi connectivity index (χ4v) is 8.79. The Bertz CT molecular complexity index is 3180. The smallest absolute Gasteiger partial charge is 0.134 e. The van der Waals surface area contributed by atoms with Gasteiger partial charge in [0.15, 0.2) is 0 Å². The summed E-state index contributed by atoms with van der Waals surface area (Å²) in [4.78, 5) is 2.31. The second-order valence-electron chi connectivity index (χ2n) is 15.7. The first-order valence-corrected chi connectivity index (χ1v) is 21.4. The molecule has 11 aromatic rings. The Morgan fingerprint density at radius 3 is 1.17 bits per heavy atom. The van der Waals surface area contributed by atoms with Gasteiger partial charge in [-0.1, -0.05) is 164 Å². The number of furan rings is 1. The van der Waals surface area contributed by atoms with Gasteiger partial charge in [0.2, 0.25) is 0 Å². The third-order valence-electron chi connectivity index (χ3n) is 11.9. The van der Waals surface area contributed by atoms with E-state index in [1.165, 1.54) is 33.4 Å². The van der Waals surface area contributed by atoms with Crippen LogP contribution in [0.15, 0.2) is 259 Å². The van der Waals surface area contributed by atoms with Crippen LogP contribution in [0.4, 0.5) is 17.1 Å². The maximum absolute atomic E-state index is 6.72. The summed E-state index contributed by atoms with van der Waals surface area (Å²) in [6, 6.07) is 90.3. The van der Waals surface area contributed by atoms with Crippen molar-refractivity contribution in [2.45, 2.75) is 0 Å². The Kier molecular flexibility index (Phi) is 9.89. The van der Waals surface area contributed by atoms with Gasteiger partial charge >= 0.3 is 0 Å². The van der Waals surface area contributed by atoms with Gasteiger partial charge in [-0.05, 0) is 124 Å². The highest BCUT2D eigenvalue weighted by atomic mass is 16.3. The Labute approximate surface area is 368 Å². The third-order valence-corrected chi connectivity index (χ3v) is 11.9. The first-order chi connectivity index (χ1) is 31.2. The molecule has 0 aliphatic heterocycles. The van der Waals surface area contributed by atoms with E-state index in [9.17, 15) is 0 Å². The van der Waals surface area contributed by atoms with Gasteiger partial charge in [-0.25, -0.2) is 0 Å². The summed E-state index contributed by atoms with van der Waals surface area (Å²) < 4.78 is 9.11. The monoisotopic (exact) mass is 806 g/mol. The standard InChI is InChI=1S/C60H42N2O/c1-6-16-43(17-7-1)45-26-33-52(34-27-45)61(53-35-28-46(29-36-53)44-18-8-2-9-19-44)54-37-30-47(31-38-54)57-40-41-58(63-57)50-32-39-56-55(42-50)59(48-20-10-3-11-21-48)60(49-22-12-4-13-23-49)62(56)51-24-14-5-15-25-51/h1-42H. The molecule has 0 N–H and O–H groups in total. The third kappa shape index (κ3) is 7.32. The fraction of sp³-hybridized carbons (Fsp3) is 0. The average molecular weight is 807 g/mol. The quantitative estimate of drug-likeness (QED) is 0.137. The van der Waals surface area contributed by atoms with E-state index in [0.29, 0.717) is 0 Å². The van der Waals surface area contributed by atoms with Crippen molar-refractivity contribution >= 4 is 28.0 Å². The Morgan fingerprint density at radius 1 is 0.302 bits per heavy atom. The van der Waals surface area contributed by atoms with Crippen LogP contribution >= 0.6 is 0 Å². The molecule has 0 radical (unpaired) electrons. The molecule has 298 valence electrons. The zero-order valence-electron chi connectivity index (χ0n) is 34.6. The Balaban J connectivity index is 0.958. The number of anilines is 3. The van der Waals surface area contributed by atoms with Gasteiger partial charge in [-0.2, -0.15) is 0 Å². The predicted octanol–water partition coefficient (Wildman–Crippen LogP) is 16.7. The van der Waals surface area contributed by atoms with Gasteiger partial charge in [-0.15, -0.1) is 0 Å². The molecule has 3 nitrogen and oxygen atoms in total. The number of hydrogen-bond acceptors (Lipinski definition) is 2. The maximum atomic E-state index is 6.72. The van der Waals surface area contributed by atoms with Crippen LogP contribution in [0.2, 0.25) is 0 Å². The summed E-state index contributed by atoms with van der Waals surface area (Å²) in [5.74, 6) is 1.64. The second-order valence-corrected chi connectivity index (χ2v) is 15.7. The van der Waals surface area contributed by atoms with E-state index in [2.05, 4.69) is 264 Å². The highest BCUT2D eigenvalue weighted by Gasteiger charge is 2.22. The van der Waals surface area contributed by atoms with Crippen LogP contribution in [-0.4, -0.2) is 4.57 Å². The molecular formula is C60H42N2O. The highest BCUT2D eigenvalue weighted by Crippen LogP contribution is 2.45. The van der Waals surface area contributed by atoms with Gasteiger partial charge in [0.05, 0.1) is 11.2 Å². The largest absolute Gasteiger partial charge is 0.456 e. The number of rotatable bonds is 10. The van der Waals surface area contributed by atoms with E-state index in [1.807, 2.05) is 0 Å². The maximum Gasteiger partial charge on any atom is 0.134 e. The summed E-state index contributed by atoms with van der Waals surface area (Å²) in [6.07, 6.45) is 0. The number of benzene rings is 9. The molecule has 0 aliphatic rings. The summed E-state index contributed by atoms with van der Waals surface area (Å²) in [6.45, 7) is 0. The molecule has 63 heavy (non-hydrogen) atoms. The van der Waals surface area contributed by atoms with Crippen molar-refractivity contribution in [2.75, 3.05) is 4.90 Å². The van der Waals surface area contributed by atoms with Crippen LogP contribution in [0.25, 0.3) is 83.9 Å². The van der Waals surface area contributed by atoms with Crippen molar-refractivity contribution < 1.29 is 4.42 Å². The summed E-state index contributed by atoms with van der Waals surface area (Å²) in [7, 11) is 0. The Morgan fingerprint density at radius 2 is 0.683 bits per heavy atom. The van der Waals surface area contributed by atoms with Crippen LogP contribution < -0.4 is 4.90 Å². The van der Waals surface area contributed by atoms with Gasteiger partial charge in [-0.3, -0.25) is 0 Å². The predicted molar refractivity (Wildman–Crippen MR) is 263 cm³/mol. The Hall–Kier alpha value is -8.40. The van der Waals surface area contributed by atoms with E-state index in [-0.39, 0.29) is 0 Å². The lowest BCUT2D eigenvalue weighted by Gasteiger charge is -2.26. The highest BCUT2D eigenvalue weighted by molar-refractivity contribution is 6.07. The zero-order valence-corrected chi connectivity index (χ0v) is 34.6.